The number of anilines is 2. The van der Waals surface area contributed by atoms with Crippen LogP contribution >= 0.6 is 0 Å². The van der Waals surface area contributed by atoms with Crippen molar-refractivity contribution in [3.63, 3.8) is 0 Å². The Kier molecular flexibility index (Phi) is 5.01. The van der Waals surface area contributed by atoms with Gasteiger partial charge in [-0.2, -0.15) is 0 Å². The van der Waals surface area contributed by atoms with Crippen LogP contribution in [-0.4, -0.2) is 33.3 Å². The Hall–Kier alpha value is -2.01. The van der Waals surface area contributed by atoms with Gasteiger partial charge in [0.2, 0.25) is 0 Å². The van der Waals surface area contributed by atoms with Gasteiger partial charge in [-0.1, -0.05) is 0 Å². The molecule has 0 unspecified atom stereocenters. The minimum atomic E-state index is -0.221. The van der Waals surface area contributed by atoms with Gasteiger partial charge >= 0.3 is 6.03 Å². The number of hydrogen-bond acceptors (Lipinski definition) is 3. The third kappa shape index (κ3) is 4.28. The molecule has 0 bridgehead atoms. The second-order valence-electron chi connectivity index (χ2n) is 4.95. The second-order valence-corrected chi connectivity index (χ2v) is 4.95. The number of nitrogens with one attached hydrogen (secondary N) is 2. The molecule has 2 amide bonds. The number of carbonyl (C=O) groups excluding carboxylic acids is 1. The van der Waals surface area contributed by atoms with E-state index in [2.05, 4.69) is 10.6 Å². The lowest BCUT2D eigenvalue weighted by atomic mass is 10.1. The second kappa shape index (κ2) is 6.96. The van der Waals surface area contributed by atoms with Gasteiger partial charge in [-0.25, -0.2) is 4.79 Å². The summed E-state index contributed by atoms with van der Waals surface area (Å²) in [5, 5.41) is 5.56. The molecule has 1 fully saturated rings. The zero-order valence-corrected chi connectivity index (χ0v) is 12.0. The highest BCUT2D eigenvalue weighted by Crippen LogP contribution is 2.15. The summed E-state index contributed by atoms with van der Waals surface area (Å²) in [6.45, 7) is 1.47. The third-order valence-electron chi connectivity index (χ3n) is 3.18. The number of carbonyl (C=O) groups is 1. The number of nitrogens with zero attached hydrogens (tertiary/aromatic N) is 1. The van der Waals surface area contributed by atoms with Crippen LogP contribution in [0.1, 0.15) is 12.8 Å². The standard InChI is InChI=1S/C15H21N3O2/c1-18(2)14-5-3-13(4-6-14)17-15(19)16-11-12-7-9-20-10-8-12/h3-6,11H,7-10H2,1-2H3,(H2,16,17,19). The molecule has 20 heavy (non-hydrogen) atoms. The van der Waals surface area contributed by atoms with Gasteiger partial charge in [0.05, 0.1) is 13.2 Å². The van der Waals surface area contributed by atoms with E-state index in [9.17, 15) is 4.79 Å². The summed E-state index contributed by atoms with van der Waals surface area (Å²) >= 11 is 0. The smallest absolute Gasteiger partial charge is 0.323 e. The summed E-state index contributed by atoms with van der Waals surface area (Å²) in [4.78, 5) is 13.8. The van der Waals surface area contributed by atoms with Crippen LogP contribution in [0.25, 0.3) is 0 Å². The number of ether oxygens (including phenoxy) is 1. The van der Waals surface area contributed by atoms with Crippen LogP contribution < -0.4 is 15.5 Å². The molecule has 1 saturated heterocycles. The van der Waals surface area contributed by atoms with E-state index in [1.807, 2.05) is 43.3 Å². The summed E-state index contributed by atoms with van der Waals surface area (Å²) < 4.78 is 5.26. The Bertz CT molecular complexity index is 472. The molecule has 1 heterocycles. The molecule has 1 aliphatic heterocycles. The molecule has 0 atom stereocenters. The molecule has 0 spiro atoms. The van der Waals surface area contributed by atoms with Crippen LogP contribution in [0.4, 0.5) is 16.2 Å². The lowest BCUT2D eigenvalue weighted by molar-refractivity contribution is 0.119. The van der Waals surface area contributed by atoms with E-state index >= 15 is 0 Å². The molecule has 5 heteroatoms. The number of hydrogen-bond donors (Lipinski definition) is 2. The van der Waals surface area contributed by atoms with E-state index in [1.165, 1.54) is 5.57 Å². The molecule has 1 aliphatic rings. The van der Waals surface area contributed by atoms with Gasteiger partial charge in [0.15, 0.2) is 0 Å². The molecule has 2 rings (SSSR count). The topological polar surface area (TPSA) is 53.6 Å². The Labute approximate surface area is 119 Å². The van der Waals surface area contributed by atoms with Crippen LogP contribution in [0.2, 0.25) is 0 Å². The summed E-state index contributed by atoms with van der Waals surface area (Å²) in [6, 6.07) is 7.48. The lowest BCUT2D eigenvalue weighted by Crippen LogP contribution is -2.25. The van der Waals surface area contributed by atoms with Crippen molar-refractivity contribution in [3.05, 3.63) is 36.0 Å². The normalized spacial score (nSPS) is 14.6. The zero-order chi connectivity index (χ0) is 14.4. The van der Waals surface area contributed by atoms with Gasteiger partial charge in [0.1, 0.15) is 0 Å². The number of benzene rings is 1. The molecular weight excluding hydrogens is 254 g/mol. The molecule has 5 nitrogen and oxygen atoms in total. The quantitative estimate of drug-likeness (QED) is 0.891. The maximum Gasteiger partial charge on any atom is 0.323 e. The molecule has 108 valence electrons. The minimum Gasteiger partial charge on any atom is -0.381 e. The first-order valence-corrected chi connectivity index (χ1v) is 6.76. The average molecular weight is 275 g/mol. The van der Waals surface area contributed by atoms with E-state index in [4.69, 9.17) is 4.74 Å². The van der Waals surface area contributed by atoms with Crippen LogP contribution in [0.3, 0.4) is 0 Å². The van der Waals surface area contributed by atoms with E-state index in [0.717, 1.165) is 37.4 Å². The number of rotatable bonds is 3. The Morgan fingerprint density at radius 1 is 1.20 bits per heavy atom. The first-order chi connectivity index (χ1) is 9.65. The first kappa shape index (κ1) is 14.4. The highest BCUT2D eigenvalue weighted by molar-refractivity contribution is 5.90. The monoisotopic (exact) mass is 275 g/mol. The Balaban J connectivity index is 1.84. The van der Waals surface area contributed by atoms with Crippen molar-refractivity contribution in [2.24, 2.45) is 0 Å². The first-order valence-electron chi connectivity index (χ1n) is 6.76. The number of amides is 2. The van der Waals surface area contributed by atoms with Crippen LogP contribution in [0.15, 0.2) is 36.0 Å². The maximum absolute atomic E-state index is 11.8. The molecule has 1 aromatic rings. The fourth-order valence-electron chi connectivity index (χ4n) is 1.96. The molecular formula is C15H21N3O2. The van der Waals surface area contributed by atoms with Gasteiger partial charge < -0.3 is 20.3 Å². The lowest BCUT2D eigenvalue weighted by Gasteiger charge is -2.15. The highest BCUT2D eigenvalue weighted by Gasteiger charge is 2.06. The van der Waals surface area contributed by atoms with Crippen LogP contribution in [0, 0.1) is 0 Å². The molecule has 0 saturated carbocycles. The Morgan fingerprint density at radius 2 is 1.85 bits per heavy atom. The third-order valence-corrected chi connectivity index (χ3v) is 3.18. The highest BCUT2D eigenvalue weighted by atomic mass is 16.5. The van der Waals surface area contributed by atoms with Crippen molar-refractivity contribution in [1.29, 1.82) is 0 Å². The molecule has 0 aromatic heterocycles. The maximum atomic E-state index is 11.8. The van der Waals surface area contributed by atoms with Gasteiger partial charge in [-0.05, 0) is 42.7 Å². The zero-order valence-electron chi connectivity index (χ0n) is 12.0. The van der Waals surface area contributed by atoms with Gasteiger partial charge in [0, 0.05) is 31.7 Å². The van der Waals surface area contributed by atoms with Crippen molar-refractivity contribution < 1.29 is 9.53 Å². The number of urea groups is 1. The Morgan fingerprint density at radius 3 is 2.45 bits per heavy atom. The van der Waals surface area contributed by atoms with Crippen molar-refractivity contribution in [3.8, 4) is 0 Å². The van der Waals surface area contributed by atoms with E-state index in [1.54, 1.807) is 6.20 Å². The minimum absolute atomic E-state index is 0.221. The predicted molar refractivity (Wildman–Crippen MR) is 81.1 cm³/mol. The van der Waals surface area contributed by atoms with Crippen molar-refractivity contribution in [2.45, 2.75) is 12.8 Å². The SMILES string of the molecule is CN(C)c1ccc(NC(=O)NC=C2CCOCC2)cc1. The van der Waals surface area contributed by atoms with Crippen molar-refractivity contribution in [2.75, 3.05) is 37.5 Å². The molecule has 0 radical (unpaired) electrons. The predicted octanol–water partition coefficient (Wildman–Crippen LogP) is 2.57. The fraction of sp³-hybridized carbons (Fsp3) is 0.400. The van der Waals surface area contributed by atoms with Crippen molar-refractivity contribution >= 4 is 17.4 Å². The van der Waals surface area contributed by atoms with Gasteiger partial charge in [-0.15, -0.1) is 0 Å². The van der Waals surface area contributed by atoms with Crippen molar-refractivity contribution in [1.82, 2.24) is 5.32 Å². The van der Waals surface area contributed by atoms with Gasteiger partial charge in [0.25, 0.3) is 0 Å². The summed E-state index contributed by atoms with van der Waals surface area (Å²) in [7, 11) is 3.96. The van der Waals surface area contributed by atoms with E-state index < -0.39 is 0 Å². The van der Waals surface area contributed by atoms with Gasteiger partial charge in [-0.3, -0.25) is 0 Å². The summed E-state index contributed by atoms with van der Waals surface area (Å²) in [5.74, 6) is 0. The summed E-state index contributed by atoms with van der Waals surface area (Å²) in [5.41, 5.74) is 3.09. The van der Waals surface area contributed by atoms with E-state index in [-0.39, 0.29) is 6.03 Å². The molecule has 2 N–H and O–H groups in total. The molecule has 1 aromatic carbocycles. The van der Waals surface area contributed by atoms with Crippen LogP contribution in [0.5, 0.6) is 0 Å². The summed E-state index contributed by atoms with van der Waals surface area (Å²) in [6.07, 6.45) is 3.56. The average Bonchev–Trinajstić information content (AvgIpc) is 2.47. The van der Waals surface area contributed by atoms with E-state index in [0.29, 0.717) is 0 Å². The largest absolute Gasteiger partial charge is 0.381 e. The van der Waals surface area contributed by atoms with Crippen LogP contribution in [-0.2, 0) is 4.74 Å². The molecule has 0 aliphatic carbocycles. The fourth-order valence-corrected chi connectivity index (χ4v) is 1.96.